The van der Waals surface area contributed by atoms with Gasteiger partial charge in [0.15, 0.2) is 17.8 Å². The highest BCUT2D eigenvalue weighted by molar-refractivity contribution is 6.03. The number of piperidine rings is 1. The van der Waals surface area contributed by atoms with Crippen LogP contribution in [0.1, 0.15) is 55.8 Å². The fraction of sp³-hybridized carbons (Fsp3) is 0.526. The monoisotopic (exact) mass is 407 g/mol. The SMILES string of the molecule is CC(C)(C)OC(=O)Nc1ccc2c(c1F)C(=O)N(C1CCC3(CO3)NC1=O)C2O. The van der Waals surface area contributed by atoms with Crippen molar-refractivity contribution in [3.63, 3.8) is 0 Å². The van der Waals surface area contributed by atoms with Gasteiger partial charge in [-0.05, 0) is 39.7 Å². The smallest absolute Gasteiger partial charge is 0.412 e. The number of ether oxygens (including phenoxy) is 2. The number of halogens is 1. The van der Waals surface area contributed by atoms with E-state index in [-0.39, 0.29) is 23.2 Å². The molecule has 3 unspecified atom stereocenters. The second-order valence-corrected chi connectivity index (χ2v) is 8.43. The van der Waals surface area contributed by atoms with Crippen LogP contribution in [0.25, 0.3) is 0 Å². The summed E-state index contributed by atoms with van der Waals surface area (Å²) in [6, 6.07) is 1.65. The predicted octanol–water partition coefficient (Wildman–Crippen LogP) is 1.62. The summed E-state index contributed by atoms with van der Waals surface area (Å²) in [6.07, 6.45) is -1.56. The van der Waals surface area contributed by atoms with Gasteiger partial charge in [0.25, 0.3) is 5.91 Å². The van der Waals surface area contributed by atoms with Crippen molar-refractivity contribution in [3.8, 4) is 0 Å². The first-order chi connectivity index (χ1) is 13.5. The third-order valence-corrected chi connectivity index (χ3v) is 5.10. The average Bonchev–Trinajstić information content (AvgIpc) is 3.29. The molecule has 3 aliphatic heterocycles. The molecule has 4 rings (SSSR count). The van der Waals surface area contributed by atoms with E-state index in [1.165, 1.54) is 12.1 Å². The van der Waals surface area contributed by atoms with E-state index in [0.717, 1.165) is 4.90 Å². The Morgan fingerprint density at radius 3 is 2.69 bits per heavy atom. The lowest BCUT2D eigenvalue weighted by molar-refractivity contribution is -0.134. The molecule has 3 amide bonds. The molecule has 1 aromatic rings. The van der Waals surface area contributed by atoms with Crippen molar-refractivity contribution < 1.29 is 33.4 Å². The number of hydrogen-bond acceptors (Lipinski definition) is 6. The Balaban J connectivity index is 1.57. The molecule has 1 aromatic carbocycles. The van der Waals surface area contributed by atoms with Gasteiger partial charge in [0.05, 0.1) is 17.9 Å². The summed E-state index contributed by atoms with van der Waals surface area (Å²) in [5.41, 5.74) is -2.03. The molecule has 0 aromatic heterocycles. The van der Waals surface area contributed by atoms with Crippen molar-refractivity contribution in [2.75, 3.05) is 11.9 Å². The van der Waals surface area contributed by atoms with Gasteiger partial charge in [-0.25, -0.2) is 9.18 Å². The summed E-state index contributed by atoms with van der Waals surface area (Å²) < 4.78 is 25.3. The number of benzene rings is 1. The van der Waals surface area contributed by atoms with Gasteiger partial charge >= 0.3 is 6.09 Å². The number of amides is 3. The van der Waals surface area contributed by atoms with E-state index in [4.69, 9.17) is 9.47 Å². The Bertz CT molecular complexity index is 908. The Hall–Kier alpha value is -2.72. The molecule has 0 aliphatic carbocycles. The van der Waals surface area contributed by atoms with Crippen LogP contribution >= 0.6 is 0 Å². The van der Waals surface area contributed by atoms with Crippen LogP contribution in [0.3, 0.4) is 0 Å². The molecule has 3 atom stereocenters. The highest BCUT2D eigenvalue weighted by Crippen LogP contribution is 2.41. The molecule has 10 heteroatoms. The van der Waals surface area contributed by atoms with Crippen LogP contribution in [0.15, 0.2) is 12.1 Å². The number of anilines is 1. The van der Waals surface area contributed by atoms with Gasteiger partial charge in [-0.3, -0.25) is 19.8 Å². The van der Waals surface area contributed by atoms with Crippen LogP contribution in [0.2, 0.25) is 0 Å². The standard InChI is InChI=1S/C19H22FN3O6/c1-18(2,3)29-17(27)21-10-5-4-9-12(13(10)20)16(26)23(15(9)25)11-6-7-19(8-28-19)22-14(11)24/h4-5,11,15,25H,6-8H2,1-3H3,(H,21,27)(H,22,24). The van der Waals surface area contributed by atoms with E-state index < -0.39 is 47.3 Å². The number of epoxide rings is 1. The molecule has 3 aliphatic rings. The lowest BCUT2D eigenvalue weighted by Crippen LogP contribution is -2.56. The van der Waals surface area contributed by atoms with Gasteiger partial charge in [-0.1, -0.05) is 6.07 Å². The first kappa shape index (κ1) is 19.6. The van der Waals surface area contributed by atoms with E-state index in [0.29, 0.717) is 13.0 Å². The summed E-state index contributed by atoms with van der Waals surface area (Å²) in [5, 5.41) is 15.6. The van der Waals surface area contributed by atoms with E-state index in [1.54, 1.807) is 20.8 Å². The van der Waals surface area contributed by atoms with E-state index in [2.05, 4.69) is 10.6 Å². The first-order valence-corrected chi connectivity index (χ1v) is 9.30. The predicted molar refractivity (Wildman–Crippen MR) is 97.2 cm³/mol. The van der Waals surface area contributed by atoms with Gasteiger partial charge in [-0.15, -0.1) is 0 Å². The molecule has 9 nitrogen and oxygen atoms in total. The van der Waals surface area contributed by atoms with Crippen LogP contribution < -0.4 is 10.6 Å². The zero-order valence-electron chi connectivity index (χ0n) is 16.2. The number of carbonyl (C=O) groups is 3. The molecular weight excluding hydrogens is 385 g/mol. The summed E-state index contributed by atoms with van der Waals surface area (Å²) >= 11 is 0. The van der Waals surface area contributed by atoms with Crippen LogP contribution in [0.4, 0.5) is 14.9 Å². The first-order valence-electron chi connectivity index (χ1n) is 9.30. The number of rotatable bonds is 2. The maximum atomic E-state index is 15.0. The van der Waals surface area contributed by atoms with Gasteiger partial charge in [-0.2, -0.15) is 0 Å². The molecule has 0 bridgehead atoms. The third-order valence-electron chi connectivity index (χ3n) is 5.10. The normalized spacial score (nSPS) is 28.2. The molecule has 0 saturated carbocycles. The Labute approximate surface area is 166 Å². The second-order valence-electron chi connectivity index (χ2n) is 8.43. The molecule has 1 spiro atoms. The quantitative estimate of drug-likeness (QED) is 0.641. The highest BCUT2D eigenvalue weighted by atomic mass is 19.1. The van der Waals surface area contributed by atoms with Gasteiger partial charge in [0.1, 0.15) is 11.6 Å². The van der Waals surface area contributed by atoms with Crippen molar-refractivity contribution in [2.24, 2.45) is 0 Å². The Morgan fingerprint density at radius 2 is 2.10 bits per heavy atom. The van der Waals surface area contributed by atoms with Gasteiger partial charge in [0.2, 0.25) is 5.91 Å². The topological polar surface area (TPSA) is 121 Å². The molecular formula is C19H22FN3O6. The fourth-order valence-electron chi connectivity index (χ4n) is 3.68. The lowest BCUT2D eigenvalue weighted by Gasteiger charge is -2.34. The van der Waals surface area contributed by atoms with E-state index >= 15 is 4.39 Å². The summed E-state index contributed by atoms with van der Waals surface area (Å²) in [6.45, 7) is 5.40. The van der Waals surface area contributed by atoms with Crippen molar-refractivity contribution in [2.45, 2.75) is 57.2 Å². The molecule has 3 heterocycles. The van der Waals surface area contributed by atoms with Crippen molar-refractivity contribution >= 4 is 23.6 Å². The molecule has 0 radical (unpaired) electrons. The second kappa shape index (κ2) is 6.39. The molecule has 29 heavy (non-hydrogen) atoms. The number of fused-ring (bicyclic) bond motifs is 1. The molecule has 2 fully saturated rings. The third kappa shape index (κ3) is 3.42. The summed E-state index contributed by atoms with van der Waals surface area (Å²) in [7, 11) is 0. The zero-order chi connectivity index (χ0) is 21.1. The Kier molecular flexibility index (Phi) is 4.32. The largest absolute Gasteiger partial charge is 0.444 e. The van der Waals surface area contributed by atoms with Crippen LogP contribution in [-0.4, -0.2) is 51.9 Å². The van der Waals surface area contributed by atoms with Gasteiger partial charge < -0.3 is 19.9 Å². The number of nitrogens with one attached hydrogen (secondary N) is 2. The number of aliphatic hydroxyl groups is 1. The number of hydrogen-bond donors (Lipinski definition) is 3. The minimum atomic E-state index is -1.47. The van der Waals surface area contributed by atoms with Crippen molar-refractivity contribution in [3.05, 3.63) is 29.1 Å². The molecule has 3 N–H and O–H groups in total. The maximum Gasteiger partial charge on any atom is 0.412 e. The van der Waals surface area contributed by atoms with E-state index in [9.17, 15) is 19.5 Å². The van der Waals surface area contributed by atoms with Crippen LogP contribution in [-0.2, 0) is 14.3 Å². The number of aliphatic hydroxyl groups excluding tert-OH is 1. The minimum absolute atomic E-state index is 0.0398. The van der Waals surface area contributed by atoms with Crippen molar-refractivity contribution in [1.82, 2.24) is 10.2 Å². The van der Waals surface area contributed by atoms with Gasteiger partial charge in [0, 0.05) is 5.56 Å². The summed E-state index contributed by atoms with van der Waals surface area (Å²) in [4.78, 5) is 38.2. The fourth-order valence-corrected chi connectivity index (χ4v) is 3.68. The average molecular weight is 407 g/mol. The maximum absolute atomic E-state index is 15.0. The Morgan fingerprint density at radius 1 is 1.41 bits per heavy atom. The van der Waals surface area contributed by atoms with Crippen molar-refractivity contribution in [1.29, 1.82) is 0 Å². The summed E-state index contributed by atoms with van der Waals surface area (Å²) in [5.74, 6) is -2.26. The van der Waals surface area contributed by atoms with Crippen LogP contribution in [0.5, 0.6) is 0 Å². The lowest BCUT2D eigenvalue weighted by atomic mass is 9.99. The highest BCUT2D eigenvalue weighted by Gasteiger charge is 2.54. The van der Waals surface area contributed by atoms with E-state index in [1.807, 2.05) is 0 Å². The number of carbonyl (C=O) groups excluding carboxylic acids is 3. The molecule has 156 valence electrons. The molecule has 2 saturated heterocycles. The number of nitrogens with zero attached hydrogens (tertiary/aromatic N) is 1. The zero-order valence-corrected chi connectivity index (χ0v) is 16.2. The minimum Gasteiger partial charge on any atom is -0.444 e. The van der Waals surface area contributed by atoms with Crippen LogP contribution in [0, 0.1) is 5.82 Å².